The van der Waals surface area contributed by atoms with Crippen molar-refractivity contribution in [3.63, 3.8) is 0 Å². The Kier molecular flexibility index (Phi) is 2.90. The molecule has 1 fully saturated rings. The van der Waals surface area contributed by atoms with Crippen LogP contribution in [0.3, 0.4) is 0 Å². The summed E-state index contributed by atoms with van der Waals surface area (Å²) in [6.45, 7) is 0.0278. The largest absolute Gasteiger partial charge is 0.480 e. The van der Waals surface area contributed by atoms with E-state index < -0.39 is 24.0 Å². The van der Waals surface area contributed by atoms with E-state index in [4.69, 9.17) is 5.11 Å². The van der Waals surface area contributed by atoms with Crippen molar-refractivity contribution in [3.8, 4) is 0 Å². The molecule has 0 spiro atoms. The van der Waals surface area contributed by atoms with Crippen molar-refractivity contribution < 1.29 is 19.8 Å². The van der Waals surface area contributed by atoms with Gasteiger partial charge in [0, 0.05) is 19.2 Å². The molecule has 0 radical (unpaired) electrons. The highest BCUT2D eigenvalue weighted by Crippen LogP contribution is 2.22. The molecule has 1 aliphatic rings. The second-order valence-corrected chi connectivity index (χ2v) is 4.79. The molecule has 2 aromatic heterocycles. The molecule has 2 N–H and O–H groups in total. The molecule has 3 heterocycles. The summed E-state index contributed by atoms with van der Waals surface area (Å²) in [5.41, 5.74) is 0.953. The average Bonchev–Trinajstić information content (AvgIpc) is 3.01. The monoisotopic (exact) mass is 275 g/mol. The Morgan fingerprint density at radius 3 is 2.90 bits per heavy atom. The van der Waals surface area contributed by atoms with Crippen molar-refractivity contribution in [3.05, 3.63) is 36.2 Å². The summed E-state index contributed by atoms with van der Waals surface area (Å²) in [6.07, 6.45) is 2.38. The first-order valence-electron chi connectivity index (χ1n) is 6.22. The van der Waals surface area contributed by atoms with Gasteiger partial charge in [0.1, 0.15) is 6.04 Å². The quantitative estimate of drug-likeness (QED) is 0.804. The fourth-order valence-electron chi connectivity index (χ4n) is 2.53. The molecule has 1 saturated heterocycles. The standard InChI is InChI=1S/C13H13N3O4/c17-8-5-11(13(19)20)15(7-8)12(18)9-6-14-16-4-2-1-3-10(9)16/h1-4,6,8,11,17H,5,7H2,(H,19,20)/t8-,11-/m0/s1. The van der Waals surface area contributed by atoms with Crippen molar-refractivity contribution in [2.75, 3.05) is 6.54 Å². The predicted molar refractivity (Wildman–Crippen MR) is 68.3 cm³/mol. The minimum atomic E-state index is -1.11. The van der Waals surface area contributed by atoms with E-state index in [2.05, 4.69) is 5.10 Å². The highest BCUT2D eigenvalue weighted by atomic mass is 16.4. The van der Waals surface area contributed by atoms with Gasteiger partial charge in [-0.2, -0.15) is 5.10 Å². The number of aliphatic hydroxyl groups is 1. The highest BCUT2D eigenvalue weighted by molar-refractivity contribution is 6.02. The number of rotatable bonds is 2. The number of pyridine rings is 1. The fraction of sp³-hybridized carbons (Fsp3) is 0.308. The van der Waals surface area contributed by atoms with Crippen LogP contribution in [0.15, 0.2) is 30.6 Å². The molecule has 2 aromatic rings. The number of amides is 1. The van der Waals surface area contributed by atoms with Crippen molar-refractivity contribution in [2.24, 2.45) is 0 Å². The maximum Gasteiger partial charge on any atom is 0.326 e. The number of carbonyl (C=O) groups is 2. The van der Waals surface area contributed by atoms with Gasteiger partial charge < -0.3 is 15.1 Å². The number of fused-ring (bicyclic) bond motifs is 1. The molecule has 0 saturated carbocycles. The van der Waals surface area contributed by atoms with E-state index in [0.717, 1.165) is 0 Å². The van der Waals surface area contributed by atoms with E-state index in [9.17, 15) is 14.7 Å². The third-order valence-electron chi connectivity index (χ3n) is 3.48. The molecule has 7 heteroatoms. The lowest BCUT2D eigenvalue weighted by molar-refractivity contribution is -0.141. The van der Waals surface area contributed by atoms with E-state index >= 15 is 0 Å². The second-order valence-electron chi connectivity index (χ2n) is 4.79. The summed E-state index contributed by atoms with van der Waals surface area (Å²) in [4.78, 5) is 24.8. The molecule has 7 nitrogen and oxygen atoms in total. The van der Waals surface area contributed by atoms with E-state index in [1.54, 1.807) is 28.9 Å². The van der Waals surface area contributed by atoms with Crippen LogP contribution >= 0.6 is 0 Å². The van der Waals surface area contributed by atoms with Gasteiger partial charge in [0.05, 0.1) is 23.4 Å². The first-order chi connectivity index (χ1) is 9.58. The Labute approximate surface area is 114 Å². The number of carbonyl (C=O) groups excluding carboxylic acids is 1. The van der Waals surface area contributed by atoms with Gasteiger partial charge in [0.25, 0.3) is 5.91 Å². The zero-order valence-corrected chi connectivity index (χ0v) is 10.5. The summed E-state index contributed by atoms with van der Waals surface area (Å²) in [5.74, 6) is -1.53. The predicted octanol–water partition coefficient (Wildman–Crippen LogP) is -0.00570. The Morgan fingerprint density at radius 1 is 1.35 bits per heavy atom. The molecular weight excluding hydrogens is 262 g/mol. The zero-order chi connectivity index (χ0) is 14.3. The fourth-order valence-corrected chi connectivity index (χ4v) is 2.53. The number of aliphatic carboxylic acids is 1. The lowest BCUT2D eigenvalue weighted by Crippen LogP contribution is -2.40. The first-order valence-corrected chi connectivity index (χ1v) is 6.22. The van der Waals surface area contributed by atoms with Crippen molar-refractivity contribution >= 4 is 17.4 Å². The van der Waals surface area contributed by atoms with Crippen molar-refractivity contribution in [2.45, 2.75) is 18.6 Å². The SMILES string of the molecule is O=C(O)[C@@H]1C[C@H](O)CN1C(=O)c1cnn2ccccc12. The van der Waals surface area contributed by atoms with Gasteiger partial charge in [-0.1, -0.05) is 6.07 Å². The van der Waals surface area contributed by atoms with Crippen LogP contribution in [0.2, 0.25) is 0 Å². The molecule has 1 amide bonds. The number of aliphatic hydroxyl groups excluding tert-OH is 1. The molecule has 20 heavy (non-hydrogen) atoms. The van der Waals surface area contributed by atoms with Crippen LogP contribution in [0.4, 0.5) is 0 Å². The van der Waals surface area contributed by atoms with E-state index in [-0.39, 0.29) is 13.0 Å². The smallest absolute Gasteiger partial charge is 0.326 e. The van der Waals surface area contributed by atoms with E-state index in [1.165, 1.54) is 11.1 Å². The lowest BCUT2D eigenvalue weighted by Gasteiger charge is -2.20. The lowest BCUT2D eigenvalue weighted by atomic mass is 10.2. The first kappa shape index (κ1) is 12.6. The summed E-state index contributed by atoms with van der Waals surface area (Å²) in [7, 11) is 0. The van der Waals surface area contributed by atoms with Gasteiger partial charge in [-0.05, 0) is 12.1 Å². The normalized spacial score (nSPS) is 22.4. The number of carboxylic acids is 1. The number of hydrogen-bond donors (Lipinski definition) is 2. The molecule has 0 aromatic carbocycles. The Balaban J connectivity index is 1.98. The average molecular weight is 275 g/mol. The highest BCUT2D eigenvalue weighted by Gasteiger charge is 2.39. The van der Waals surface area contributed by atoms with Crippen LogP contribution in [0, 0.1) is 0 Å². The summed E-state index contributed by atoms with van der Waals surface area (Å²) < 4.78 is 1.55. The second kappa shape index (κ2) is 4.61. The molecule has 104 valence electrons. The van der Waals surface area contributed by atoms with Gasteiger partial charge in [-0.25, -0.2) is 9.31 Å². The molecule has 0 unspecified atom stereocenters. The van der Waals surface area contributed by atoms with Crippen LogP contribution in [-0.2, 0) is 4.79 Å². The zero-order valence-electron chi connectivity index (χ0n) is 10.5. The molecular formula is C13H13N3O4. The molecule has 0 bridgehead atoms. The van der Waals surface area contributed by atoms with Crippen LogP contribution < -0.4 is 0 Å². The summed E-state index contributed by atoms with van der Waals surface area (Å²) in [5, 5.41) is 22.8. The van der Waals surface area contributed by atoms with Crippen molar-refractivity contribution in [1.29, 1.82) is 0 Å². The van der Waals surface area contributed by atoms with Gasteiger partial charge in [-0.15, -0.1) is 0 Å². The number of hydrogen-bond acceptors (Lipinski definition) is 4. The molecule has 2 atom stereocenters. The van der Waals surface area contributed by atoms with Crippen LogP contribution in [0.1, 0.15) is 16.8 Å². The maximum atomic E-state index is 12.5. The molecule has 3 rings (SSSR count). The number of β-amino-alcohol motifs (C(OH)–C–C–N with tert-alkyl or cyclic N) is 1. The molecule has 1 aliphatic heterocycles. The van der Waals surface area contributed by atoms with Crippen LogP contribution in [0.25, 0.3) is 5.52 Å². The van der Waals surface area contributed by atoms with E-state index in [1.807, 2.05) is 0 Å². The third kappa shape index (κ3) is 1.92. The Hall–Kier alpha value is -2.41. The minimum Gasteiger partial charge on any atom is -0.480 e. The van der Waals surface area contributed by atoms with Gasteiger partial charge >= 0.3 is 5.97 Å². The summed E-state index contributed by atoms with van der Waals surface area (Å²) in [6, 6.07) is 4.31. The third-order valence-corrected chi connectivity index (χ3v) is 3.48. The van der Waals surface area contributed by atoms with E-state index in [0.29, 0.717) is 11.1 Å². The number of likely N-dealkylation sites (tertiary alicyclic amines) is 1. The Morgan fingerprint density at radius 2 is 2.15 bits per heavy atom. The topological polar surface area (TPSA) is 95.1 Å². The number of aromatic nitrogens is 2. The van der Waals surface area contributed by atoms with Crippen LogP contribution in [0.5, 0.6) is 0 Å². The van der Waals surface area contributed by atoms with Crippen LogP contribution in [-0.4, -0.2) is 55.3 Å². The van der Waals surface area contributed by atoms with Gasteiger partial charge in [0.2, 0.25) is 0 Å². The summed E-state index contributed by atoms with van der Waals surface area (Å²) >= 11 is 0. The van der Waals surface area contributed by atoms with Crippen molar-refractivity contribution in [1.82, 2.24) is 14.5 Å². The Bertz CT molecular complexity index is 681. The molecule has 0 aliphatic carbocycles. The number of carboxylic acid groups (broad SMARTS) is 1. The van der Waals surface area contributed by atoms with Gasteiger partial charge in [0.15, 0.2) is 0 Å². The number of nitrogens with zero attached hydrogens (tertiary/aromatic N) is 3. The minimum absolute atomic E-state index is 0.0278. The maximum absolute atomic E-state index is 12.5. The van der Waals surface area contributed by atoms with Gasteiger partial charge in [-0.3, -0.25) is 4.79 Å².